The van der Waals surface area contributed by atoms with Crippen LogP contribution in [0, 0.1) is 0 Å². The fraction of sp³-hybridized carbons (Fsp3) is 0.389. The summed E-state index contributed by atoms with van der Waals surface area (Å²) in [7, 11) is 2.04. The van der Waals surface area contributed by atoms with E-state index in [0.29, 0.717) is 29.6 Å². The van der Waals surface area contributed by atoms with Crippen molar-refractivity contribution in [2.45, 2.75) is 12.5 Å². The van der Waals surface area contributed by atoms with E-state index in [1.54, 1.807) is 12.1 Å². The van der Waals surface area contributed by atoms with Gasteiger partial charge in [0.05, 0.1) is 23.2 Å². The van der Waals surface area contributed by atoms with Gasteiger partial charge in [0, 0.05) is 44.8 Å². The molecule has 0 aromatic carbocycles. The van der Waals surface area contributed by atoms with Gasteiger partial charge in [0.15, 0.2) is 5.69 Å². The minimum absolute atomic E-state index is 0. The molecule has 2 aliphatic heterocycles. The second-order valence-electron chi connectivity index (χ2n) is 6.70. The summed E-state index contributed by atoms with van der Waals surface area (Å²) in [4.78, 5) is 44.1. The summed E-state index contributed by atoms with van der Waals surface area (Å²) >= 11 is 5.92. The van der Waals surface area contributed by atoms with Crippen LogP contribution < -0.4 is 4.90 Å². The molecule has 2 amide bonds. The summed E-state index contributed by atoms with van der Waals surface area (Å²) in [5.41, 5.74) is 0.784. The highest BCUT2D eigenvalue weighted by Gasteiger charge is 2.42. The second-order valence-corrected chi connectivity index (χ2v) is 7.14. The Labute approximate surface area is 167 Å². The molecule has 9 nitrogen and oxygen atoms in total. The Hall–Kier alpha value is -2.62. The van der Waals surface area contributed by atoms with Crippen LogP contribution in [0.4, 0.5) is 5.82 Å². The third-order valence-electron chi connectivity index (χ3n) is 4.96. The van der Waals surface area contributed by atoms with E-state index in [0.717, 1.165) is 13.1 Å². The van der Waals surface area contributed by atoms with Crippen molar-refractivity contribution in [3.05, 3.63) is 47.1 Å². The van der Waals surface area contributed by atoms with Crippen molar-refractivity contribution in [2.24, 2.45) is 0 Å². The van der Waals surface area contributed by atoms with E-state index in [4.69, 9.17) is 11.6 Å². The molecule has 0 aliphatic carbocycles. The van der Waals surface area contributed by atoms with E-state index in [2.05, 4.69) is 19.9 Å². The van der Waals surface area contributed by atoms with Crippen LogP contribution in [0.5, 0.6) is 0 Å². The Balaban J connectivity index is 0.00000225. The molecule has 148 valence electrons. The normalized spacial score (nSPS) is 19.4. The lowest BCUT2D eigenvalue weighted by atomic mass is 10.1. The monoisotopic (exact) mass is 404 g/mol. The van der Waals surface area contributed by atoms with Gasteiger partial charge in [-0.2, -0.15) is 0 Å². The molecule has 0 radical (unpaired) electrons. The van der Waals surface area contributed by atoms with Gasteiger partial charge in [-0.25, -0.2) is 9.97 Å². The molecular formula is C18H21ClN6O3. The minimum Gasteiger partial charge on any atom is -0.412 e. The van der Waals surface area contributed by atoms with E-state index < -0.39 is 6.04 Å². The maximum absolute atomic E-state index is 12.9. The fourth-order valence-corrected chi connectivity index (χ4v) is 3.56. The van der Waals surface area contributed by atoms with E-state index in [1.165, 1.54) is 23.5 Å². The SMILES string of the molecule is CN1CCN(C(=O)CC2c3nccnc3C(=O)N2c2ccc(Cl)cn2)CC1.O. The van der Waals surface area contributed by atoms with Crippen LogP contribution in [0.2, 0.25) is 5.02 Å². The molecule has 0 saturated carbocycles. The Kier molecular flexibility index (Phi) is 5.87. The maximum atomic E-state index is 12.9. The van der Waals surface area contributed by atoms with Gasteiger partial charge in [0.2, 0.25) is 5.91 Å². The van der Waals surface area contributed by atoms with Crippen molar-refractivity contribution in [1.29, 1.82) is 0 Å². The second kappa shape index (κ2) is 8.17. The first kappa shape index (κ1) is 20.1. The smallest absolute Gasteiger partial charge is 0.280 e. The summed E-state index contributed by atoms with van der Waals surface area (Å²) in [5, 5.41) is 0.476. The summed E-state index contributed by atoms with van der Waals surface area (Å²) in [6, 6.07) is 2.81. The first-order chi connectivity index (χ1) is 13.0. The van der Waals surface area contributed by atoms with E-state index in [1.807, 2.05) is 11.9 Å². The van der Waals surface area contributed by atoms with E-state index in [-0.39, 0.29) is 29.4 Å². The van der Waals surface area contributed by atoms with E-state index >= 15 is 0 Å². The van der Waals surface area contributed by atoms with Gasteiger partial charge in [-0.15, -0.1) is 0 Å². The number of rotatable bonds is 3. The van der Waals surface area contributed by atoms with Gasteiger partial charge in [-0.3, -0.25) is 19.5 Å². The Bertz CT molecular complexity index is 870. The Morgan fingerprint density at radius 3 is 2.54 bits per heavy atom. The zero-order valence-electron chi connectivity index (χ0n) is 15.4. The molecular weight excluding hydrogens is 384 g/mol. The number of carbonyl (C=O) groups excluding carboxylic acids is 2. The van der Waals surface area contributed by atoms with Gasteiger partial charge in [0.25, 0.3) is 5.91 Å². The average molecular weight is 405 g/mol. The number of anilines is 1. The van der Waals surface area contributed by atoms with Crippen molar-refractivity contribution >= 4 is 29.2 Å². The number of pyridine rings is 1. The predicted molar refractivity (Wildman–Crippen MR) is 103 cm³/mol. The molecule has 4 heterocycles. The van der Waals surface area contributed by atoms with E-state index in [9.17, 15) is 9.59 Å². The van der Waals surface area contributed by atoms with Crippen LogP contribution in [-0.4, -0.2) is 75.3 Å². The highest BCUT2D eigenvalue weighted by atomic mass is 35.5. The van der Waals surface area contributed by atoms with Gasteiger partial charge < -0.3 is 15.3 Å². The summed E-state index contributed by atoms with van der Waals surface area (Å²) in [6.07, 6.45) is 4.64. The summed E-state index contributed by atoms with van der Waals surface area (Å²) < 4.78 is 0. The molecule has 0 bridgehead atoms. The predicted octanol–water partition coefficient (Wildman–Crippen LogP) is 0.566. The van der Waals surface area contributed by atoms with Crippen molar-refractivity contribution < 1.29 is 15.1 Å². The average Bonchev–Trinajstić information content (AvgIpc) is 2.95. The molecule has 2 aromatic rings. The lowest BCUT2D eigenvalue weighted by Crippen LogP contribution is -2.48. The largest absolute Gasteiger partial charge is 0.412 e. The van der Waals surface area contributed by atoms with Crippen molar-refractivity contribution in [1.82, 2.24) is 24.8 Å². The molecule has 2 aliphatic rings. The van der Waals surface area contributed by atoms with Gasteiger partial charge in [-0.1, -0.05) is 11.6 Å². The van der Waals surface area contributed by atoms with Crippen molar-refractivity contribution in [3.63, 3.8) is 0 Å². The molecule has 28 heavy (non-hydrogen) atoms. The number of amides is 2. The number of likely N-dealkylation sites (N-methyl/N-ethyl adjacent to an activating group) is 1. The van der Waals surface area contributed by atoms with Crippen LogP contribution in [-0.2, 0) is 4.79 Å². The standard InChI is InChI=1S/C18H19ClN6O2.H2O/c1-23-6-8-24(9-7-23)15(26)10-13-16-17(21-5-4-20-16)18(27)25(13)14-3-2-12(19)11-22-14;/h2-5,11,13H,6-10H2,1H3;1H2. The number of hydrogen-bond donors (Lipinski definition) is 0. The highest BCUT2D eigenvalue weighted by molar-refractivity contribution is 6.30. The number of hydrogen-bond acceptors (Lipinski definition) is 6. The molecule has 1 fully saturated rings. The summed E-state index contributed by atoms with van der Waals surface area (Å²) in [5.74, 6) is 0.128. The van der Waals surface area contributed by atoms with Crippen LogP contribution >= 0.6 is 11.6 Å². The van der Waals surface area contributed by atoms with Crippen LogP contribution in [0.3, 0.4) is 0 Å². The highest BCUT2D eigenvalue weighted by Crippen LogP contribution is 2.37. The lowest BCUT2D eigenvalue weighted by molar-refractivity contribution is -0.133. The van der Waals surface area contributed by atoms with Crippen molar-refractivity contribution in [2.75, 3.05) is 38.1 Å². The fourth-order valence-electron chi connectivity index (χ4n) is 3.45. The number of fused-ring (bicyclic) bond motifs is 1. The van der Waals surface area contributed by atoms with Gasteiger partial charge in [0.1, 0.15) is 5.82 Å². The topological polar surface area (TPSA) is 114 Å². The van der Waals surface area contributed by atoms with Crippen LogP contribution in [0.1, 0.15) is 28.6 Å². The number of carbonyl (C=O) groups is 2. The molecule has 2 N–H and O–H groups in total. The molecule has 10 heteroatoms. The first-order valence-electron chi connectivity index (χ1n) is 8.77. The number of halogens is 1. The third-order valence-corrected chi connectivity index (χ3v) is 5.18. The van der Waals surface area contributed by atoms with Crippen LogP contribution in [0.15, 0.2) is 30.7 Å². The lowest BCUT2D eigenvalue weighted by Gasteiger charge is -2.33. The zero-order chi connectivity index (χ0) is 19.0. The molecule has 1 atom stereocenters. The summed E-state index contributed by atoms with van der Waals surface area (Å²) in [6.45, 7) is 3.05. The molecule has 1 unspecified atom stereocenters. The quantitative estimate of drug-likeness (QED) is 0.738. The molecule has 4 rings (SSSR count). The number of piperazine rings is 1. The Morgan fingerprint density at radius 1 is 1.14 bits per heavy atom. The molecule has 0 spiro atoms. The van der Waals surface area contributed by atoms with Crippen molar-refractivity contribution in [3.8, 4) is 0 Å². The minimum atomic E-state index is -0.526. The molecule has 2 aromatic heterocycles. The van der Waals surface area contributed by atoms with Gasteiger partial charge >= 0.3 is 0 Å². The molecule has 1 saturated heterocycles. The van der Waals surface area contributed by atoms with Crippen LogP contribution in [0.25, 0.3) is 0 Å². The third kappa shape index (κ3) is 3.68. The van der Waals surface area contributed by atoms with Gasteiger partial charge in [-0.05, 0) is 19.2 Å². The maximum Gasteiger partial charge on any atom is 0.280 e. The number of aromatic nitrogens is 3. The Morgan fingerprint density at radius 2 is 1.86 bits per heavy atom. The zero-order valence-corrected chi connectivity index (χ0v) is 16.1. The first-order valence-corrected chi connectivity index (χ1v) is 9.14. The number of nitrogens with zero attached hydrogens (tertiary/aromatic N) is 6.